The van der Waals surface area contributed by atoms with Crippen LogP contribution in [0.4, 0.5) is 0 Å². The van der Waals surface area contributed by atoms with E-state index in [-0.39, 0.29) is 5.78 Å². The fourth-order valence-corrected chi connectivity index (χ4v) is 1.20. The van der Waals surface area contributed by atoms with E-state index < -0.39 is 5.60 Å². The van der Waals surface area contributed by atoms with Gasteiger partial charge < -0.3 is 5.11 Å². The minimum absolute atomic E-state index is 0.317. The van der Waals surface area contributed by atoms with Crippen molar-refractivity contribution in [3.63, 3.8) is 0 Å². The summed E-state index contributed by atoms with van der Waals surface area (Å²) in [7, 11) is 0. The van der Waals surface area contributed by atoms with Crippen LogP contribution < -0.4 is 0 Å². The normalized spacial score (nSPS) is 12.2. The van der Waals surface area contributed by atoms with Gasteiger partial charge in [-0.1, -0.05) is 0 Å². The Labute approximate surface area is 80.7 Å². The third-order valence-electron chi connectivity index (χ3n) is 1.43. The first kappa shape index (κ1) is 10.1. The van der Waals surface area contributed by atoms with Crippen molar-refractivity contribution in [2.24, 2.45) is 0 Å². The van der Waals surface area contributed by atoms with E-state index in [4.69, 9.17) is 0 Å². The largest absolute Gasteiger partial charge is 0.382 e. The summed E-state index contributed by atoms with van der Waals surface area (Å²) in [4.78, 5) is 15.2. The number of nitrogens with zero attached hydrogens (tertiary/aromatic N) is 1. The summed E-state index contributed by atoms with van der Waals surface area (Å²) in [5.74, 6) is -0.317. The van der Waals surface area contributed by atoms with Crippen LogP contribution >= 0.6 is 11.3 Å². The minimum Gasteiger partial charge on any atom is -0.382 e. The molecule has 1 N–H and O–H groups in total. The van der Waals surface area contributed by atoms with Gasteiger partial charge in [-0.05, 0) is 26.0 Å². The molecule has 0 aliphatic carbocycles. The van der Waals surface area contributed by atoms with E-state index in [1.165, 1.54) is 31.3 Å². The Morgan fingerprint density at radius 2 is 2.38 bits per heavy atom. The lowest BCUT2D eigenvalue weighted by molar-refractivity contribution is -0.128. The molecule has 0 saturated heterocycles. The molecule has 0 amide bonds. The second-order valence-electron chi connectivity index (χ2n) is 3.13. The molecule has 13 heavy (non-hydrogen) atoms. The molecule has 1 aromatic heterocycles. The molecule has 1 aromatic rings. The van der Waals surface area contributed by atoms with Crippen LogP contribution in [0.1, 0.15) is 18.9 Å². The van der Waals surface area contributed by atoms with Crippen molar-refractivity contribution >= 4 is 23.2 Å². The van der Waals surface area contributed by atoms with E-state index in [9.17, 15) is 9.90 Å². The van der Waals surface area contributed by atoms with E-state index in [1.54, 1.807) is 12.3 Å². The van der Waals surface area contributed by atoms with E-state index in [1.807, 2.05) is 5.38 Å². The summed E-state index contributed by atoms with van der Waals surface area (Å²) in [6, 6.07) is 0. The summed E-state index contributed by atoms with van der Waals surface area (Å²) in [6.45, 7) is 2.92. The average molecular weight is 197 g/mol. The molecule has 0 saturated carbocycles. The first-order chi connectivity index (χ1) is 6.00. The molecule has 0 aliphatic rings. The zero-order valence-electron chi connectivity index (χ0n) is 7.52. The van der Waals surface area contributed by atoms with Crippen molar-refractivity contribution in [3.8, 4) is 0 Å². The van der Waals surface area contributed by atoms with Crippen LogP contribution in [0.3, 0.4) is 0 Å². The number of hydrogen-bond acceptors (Lipinski definition) is 4. The van der Waals surface area contributed by atoms with Crippen molar-refractivity contribution in [1.82, 2.24) is 4.98 Å². The maximum Gasteiger partial charge on any atom is 0.186 e. The molecular formula is C9H11NO2S. The molecule has 70 valence electrons. The lowest BCUT2D eigenvalue weighted by Crippen LogP contribution is -2.29. The molecule has 0 fully saturated rings. The molecule has 0 atom stereocenters. The number of hydrogen-bond donors (Lipinski definition) is 1. The number of carbonyl (C=O) groups is 1. The van der Waals surface area contributed by atoms with Gasteiger partial charge >= 0.3 is 0 Å². The van der Waals surface area contributed by atoms with Crippen LogP contribution in [0.5, 0.6) is 0 Å². The summed E-state index contributed by atoms with van der Waals surface area (Å²) in [5, 5.41) is 11.9. The number of carbonyl (C=O) groups excluding carboxylic acids is 1. The highest BCUT2D eigenvalue weighted by Crippen LogP contribution is 2.09. The van der Waals surface area contributed by atoms with Gasteiger partial charge in [-0.3, -0.25) is 4.79 Å². The second-order valence-corrected chi connectivity index (χ2v) is 4.05. The SMILES string of the molecule is CC(C)(O)C(=O)/C=C/c1nccs1. The highest BCUT2D eigenvalue weighted by molar-refractivity contribution is 7.10. The molecule has 0 bridgehead atoms. The fraction of sp³-hybridized carbons (Fsp3) is 0.333. The molecule has 3 nitrogen and oxygen atoms in total. The van der Waals surface area contributed by atoms with Gasteiger partial charge in [0.2, 0.25) is 0 Å². The zero-order chi connectivity index (χ0) is 9.90. The average Bonchev–Trinajstić information content (AvgIpc) is 2.50. The van der Waals surface area contributed by atoms with Gasteiger partial charge in [0.05, 0.1) is 0 Å². The molecule has 0 radical (unpaired) electrons. The standard InChI is InChI=1S/C9H11NO2S/c1-9(2,12)7(11)3-4-8-10-5-6-13-8/h3-6,12H,1-2H3/b4-3+. The molecule has 0 unspecified atom stereocenters. The molecular weight excluding hydrogens is 186 g/mol. The van der Waals surface area contributed by atoms with Crippen molar-refractivity contribution in [2.45, 2.75) is 19.4 Å². The Bertz CT molecular complexity index is 309. The van der Waals surface area contributed by atoms with E-state index in [0.717, 1.165) is 5.01 Å². The quantitative estimate of drug-likeness (QED) is 0.747. The number of aromatic nitrogens is 1. The molecule has 0 aliphatic heterocycles. The number of aliphatic hydroxyl groups is 1. The fourth-order valence-electron chi connectivity index (χ4n) is 0.668. The Kier molecular flexibility index (Phi) is 2.95. The number of thiazole rings is 1. The summed E-state index contributed by atoms with van der Waals surface area (Å²) < 4.78 is 0. The number of rotatable bonds is 3. The molecule has 4 heteroatoms. The third-order valence-corrected chi connectivity index (χ3v) is 2.17. The highest BCUT2D eigenvalue weighted by atomic mass is 32.1. The third kappa shape index (κ3) is 3.08. The van der Waals surface area contributed by atoms with E-state index in [0.29, 0.717) is 0 Å². The van der Waals surface area contributed by atoms with Crippen molar-refractivity contribution in [3.05, 3.63) is 22.7 Å². The summed E-state index contributed by atoms with van der Waals surface area (Å²) >= 11 is 1.44. The van der Waals surface area contributed by atoms with Crippen LogP contribution in [0.2, 0.25) is 0 Å². The Hall–Kier alpha value is -1.000. The van der Waals surface area contributed by atoms with Gasteiger partial charge in [0.25, 0.3) is 0 Å². The van der Waals surface area contributed by atoms with Gasteiger partial charge in [0.15, 0.2) is 5.78 Å². The predicted molar refractivity (Wildman–Crippen MR) is 52.5 cm³/mol. The van der Waals surface area contributed by atoms with Crippen LogP contribution in [-0.2, 0) is 4.79 Å². The smallest absolute Gasteiger partial charge is 0.186 e. The summed E-state index contributed by atoms with van der Waals surface area (Å²) in [5.41, 5.74) is -1.30. The Balaban J connectivity index is 2.65. The lowest BCUT2D eigenvalue weighted by atomic mass is 10.0. The monoisotopic (exact) mass is 197 g/mol. The van der Waals surface area contributed by atoms with Crippen LogP contribution in [0, 0.1) is 0 Å². The van der Waals surface area contributed by atoms with E-state index >= 15 is 0 Å². The van der Waals surface area contributed by atoms with Crippen LogP contribution in [-0.4, -0.2) is 21.5 Å². The van der Waals surface area contributed by atoms with Crippen molar-refractivity contribution < 1.29 is 9.90 Å². The summed E-state index contributed by atoms with van der Waals surface area (Å²) in [6.07, 6.45) is 4.61. The topological polar surface area (TPSA) is 50.2 Å². The molecule has 0 spiro atoms. The zero-order valence-corrected chi connectivity index (χ0v) is 8.34. The van der Waals surface area contributed by atoms with Crippen molar-refractivity contribution in [2.75, 3.05) is 0 Å². The first-order valence-electron chi connectivity index (χ1n) is 3.84. The minimum atomic E-state index is -1.30. The lowest BCUT2D eigenvalue weighted by Gasteiger charge is -2.11. The van der Waals surface area contributed by atoms with Gasteiger partial charge in [-0.15, -0.1) is 11.3 Å². The molecule has 0 aromatic carbocycles. The highest BCUT2D eigenvalue weighted by Gasteiger charge is 2.20. The molecule has 1 heterocycles. The number of ketones is 1. The van der Waals surface area contributed by atoms with Gasteiger partial charge in [-0.25, -0.2) is 4.98 Å². The maximum atomic E-state index is 11.2. The van der Waals surface area contributed by atoms with E-state index in [2.05, 4.69) is 4.98 Å². The van der Waals surface area contributed by atoms with Gasteiger partial charge in [0, 0.05) is 11.6 Å². The van der Waals surface area contributed by atoms with Crippen LogP contribution in [0.25, 0.3) is 6.08 Å². The van der Waals surface area contributed by atoms with Crippen molar-refractivity contribution in [1.29, 1.82) is 0 Å². The second kappa shape index (κ2) is 3.81. The van der Waals surface area contributed by atoms with Crippen LogP contribution in [0.15, 0.2) is 17.7 Å². The first-order valence-corrected chi connectivity index (χ1v) is 4.72. The maximum absolute atomic E-state index is 11.2. The van der Waals surface area contributed by atoms with Gasteiger partial charge in [0.1, 0.15) is 10.6 Å². The van der Waals surface area contributed by atoms with Gasteiger partial charge in [-0.2, -0.15) is 0 Å². The predicted octanol–water partition coefficient (Wildman–Crippen LogP) is 1.50. The Morgan fingerprint density at radius 1 is 1.69 bits per heavy atom. The molecule has 1 rings (SSSR count). The Morgan fingerprint density at radius 3 is 2.85 bits per heavy atom.